The minimum Gasteiger partial charge on any atom is -0.349 e. The molecule has 1 amide bonds. The van der Waals surface area contributed by atoms with Crippen LogP contribution in [0.15, 0.2) is 30.5 Å². The first kappa shape index (κ1) is 18.2. The van der Waals surface area contributed by atoms with E-state index in [0.717, 1.165) is 36.2 Å². The van der Waals surface area contributed by atoms with E-state index in [-0.39, 0.29) is 11.9 Å². The normalized spacial score (nSPS) is 15.8. The number of hydrogen-bond acceptors (Lipinski definition) is 4. The molecule has 1 aromatic carbocycles. The highest BCUT2D eigenvalue weighted by Crippen LogP contribution is 2.29. The number of aryl methyl sites for hydroxylation is 3. The largest absolute Gasteiger partial charge is 0.349 e. The molecule has 1 N–H and O–H groups in total. The summed E-state index contributed by atoms with van der Waals surface area (Å²) >= 11 is 0. The van der Waals surface area contributed by atoms with Gasteiger partial charge in [-0.25, -0.2) is 9.50 Å². The third-order valence-electron chi connectivity index (χ3n) is 5.64. The van der Waals surface area contributed by atoms with Crippen LogP contribution in [0, 0.1) is 25.2 Å². The number of benzene rings is 1. The van der Waals surface area contributed by atoms with Gasteiger partial charge >= 0.3 is 0 Å². The fourth-order valence-electron chi connectivity index (χ4n) is 4.16. The van der Waals surface area contributed by atoms with Crippen LogP contribution in [-0.4, -0.2) is 20.5 Å². The van der Waals surface area contributed by atoms with Crippen LogP contribution < -0.4 is 5.32 Å². The first-order valence-corrected chi connectivity index (χ1v) is 9.69. The van der Waals surface area contributed by atoms with Crippen LogP contribution in [0.1, 0.15) is 58.9 Å². The van der Waals surface area contributed by atoms with E-state index >= 15 is 0 Å². The molecule has 6 heteroatoms. The van der Waals surface area contributed by atoms with Gasteiger partial charge in [0.1, 0.15) is 11.6 Å². The van der Waals surface area contributed by atoms with Gasteiger partial charge in [0.15, 0.2) is 5.65 Å². The molecular formula is C22H23N5O. The Morgan fingerprint density at radius 3 is 3.00 bits per heavy atom. The molecule has 0 unspecified atom stereocenters. The summed E-state index contributed by atoms with van der Waals surface area (Å²) in [6.45, 7) is 3.88. The lowest BCUT2D eigenvalue weighted by atomic mass is 9.87. The van der Waals surface area contributed by atoms with Crippen LogP contribution >= 0.6 is 0 Å². The zero-order chi connectivity index (χ0) is 19.7. The molecule has 1 atom stereocenters. The van der Waals surface area contributed by atoms with Gasteiger partial charge in [-0.1, -0.05) is 24.3 Å². The molecule has 0 saturated carbocycles. The number of nitriles is 1. The van der Waals surface area contributed by atoms with Crippen LogP contribution in [0.3, 0.4) is 0 Å². The maximum Gasteiger partial charge on any atom is 0.220 e. The Balaban J connectivity index is 1.48. The number of carbonyl (C=O) groups excluding carboxylic acids is 1. The molecule has 2 aromatic heterocycles. The number of hydrogen-bond donors (Lipinski definition) is 1. The Bertz CT molecular complexity index is 1090. The van der Waals surface area contributed by atoms with Crippen molar-refractivity contribution in [3.05, 3.63) is 64.1 Å². The Hall–Kier alpha value is -3.20. The molecule has 0 saturated heterocycles. The second kappa shape index (κ2) is 7.43. The van der Waals surface area contributed by atoms with Gasteiger partial charge in [-0.2, -0.15) is 10.4 Å². The average molecular weight is 373 g/mol. The van der Waals surface area contributed by atoms with Gasteiger partial charge in [0, 0.05) is 17.8 Å². The number of nitrogens with one attached hydrogen (secondary N) is 1. The molecule has 0 bridgehead atoms. The van der Waals surface area contributed by atoms with Crippen LogP contribution in [0.2, 0.25) is 0 Å². The third kappa shape index (κ3) is 3.24. The number of carbonyl (C=O) groups is 1. The van der Waals surface area contributed by atoms with Crippen molar-refractivity contribution in [3.63, 3.8) is 0 Å². The van der Waals surface area contributed by atoms with Gasteiger partial charge in [-0.3, -0.25) is 4.79 Å². The molecule has 0 radical (unpaired) electrons. The van der Waals surface area contributed by atoms with Crippen LogP contribution in [0.25, 0.3) is 5.65 Å². The summed E-state index contributed by atoms with van der Waals surface area (Å²) < 4.78 is 1.69. The first-order chi connectivity index (χ1) is 13.6. The lowest BCUT2D eigenvalue weighted by Crippen LogP contribution is -2.31. The van der Waals surface area contributed by atoms with Crippen molar-refractivity contribution in [2.24, 2.45) is 0 Å². The third-order valence-corrected chi connectivity index (χ3v) is 5.64. The minimum absolute atomic E-state index is 0.0544. The zero-order valence-corrected chi connectivity index (χ0v) is 16.2. The van der Waals surface area contributed by atoms with Gasteiger partial charge in [0.25, 0.3) is 0 Å². The Kier molecular flexibility index (Phi) is 4.82. The van der Waals surface area contributed by atoms with Crippen molar-refractivity contribution in [1.82, 2.24) is 19.9 Å². The molecule has 0 spiro atoms. The van der Waals surface area contributed by atoms with E-state index in [0.29, 0.717) is 24.1 Å². The van der Waals surface area contributed by atoms with E-state index in [1.807, 2.05) is 19.9 Å². The summed E-state index contributed by atoms with van der Waals surface area (Å²) in [5.41, 5.74) is 6.42. The molecule has 0 fully saturated rings. The number of rotatable bonds is 4. The molecule has 6 nitrogen and oxygen atoms in total. The highest BCUT2D eigenvalue weighted by molar-refractivity contribution is 5.77. The average Bonchev–Trinajstić information content (AvgIpc) is 3.11. The SMILES string of the molecule is Cc1nc2c(C#N)cnn2c(C)c1CCC(=O)N[C@@H]1CCCc2ccccc21. The van der Waals surface area contributed by atoms with E-state index in [1.165, 1.54) is 17.3 Å². The maximum atomic E-state index is 12.6. The quantitative estimate of drug-likeness (QED) is 0.760. The summed E-state index contributed by atoms with van der Waals surface area (Å²) in [5.74, 6) is 0.0544. The molecular weight excluding hydrogens is 350 g/mol. The molecule has 3 aromatic rings. The fraction of sp³-hybridized carbons (Fsp3) is 0.364. The molecule has 1 aliphatic carbocycles. The van der Waals surface area contributed by atoms with Gasteiger partial charge in [0.05, 0.1) is 12.2 Å². The van der Waals surface area contributed by atoms with Crippen molar-refractivity contribution >= 4 is 11.6 Å². The van der Waals surface area contributed by atoms with Gasteiger partial charge in [-0.05, 0) is 56.2 Å². The number of amides is 1. The van der Waals surface area contributed by atoms with Gasteiger partial charge in [0.2, 0.25) is 5.91 Å². The highest BCUT2D eigenvalue weighted by Gasteiger charge is 2.22. The second-order valence-corrected chi connectivity index (χ2v) is 7.38. The predicted molar refractivity (Wildman–Crippen MR) is 106 cm³/mol. The molecule has 1 aliphatic rings. The van der Waals surface area contributed by atoms with E-state index in [1.54, 1.807) is 4.52 Å². The van der Waals surface area contributed by atoms with Gasteiger partial charge in [-0.15, -0.1) is 0 Å². The van der Waals surface area contributed by atoms with Crippen molar-refractivity contribution in [2.45, 2.75) is 52.0 Å². The standard InChI is InChI=1S/C22H23N5O/c1-14-18(15(2)27-22(25-14)17(12-23)13-24-27)10-11-21(28)26-20-9-5-7-16-6-3-4-8-19(16)20/h3-4,6,8,13,20H,5,7,9-11H2,1-2H3,(H,26,28)/t20-/m1/s1. The monoisotopic (exact) mass is 373 g/mol. The summed E-state index contributed by atoms with van der Waals surface area (Å²) in [5, 5.41) is 16.7. The summed E-state index contributed by atoms with van der Waals surface area (Å²) in [6, 6.07) is 10.6. The lowest BCUT2D eigenvalue weighted by Gasteiger charge is -2.26. The zero-order valence-electron chi connectivity index (χ0n) is 16.2. The number of aromatic nitrogens is 3. The smallest absolute Gasteiger partial charge is 0.220 e. The van der Waals surface area contributed by atoms with Crippen molar-refractivity contribution in [1.29, 1.82) is 5.26 Å². The summed E-state index contributed by atoms with van der Waals surface area (Å²) in [6.07, 6.45) is 5.70. The summed E-state index contributed by atoms with van der Waals surface area (Å²) in [7, 11) is 0. The van der Waals surface area contributed by atoms with Crippen LogP contribution in [0.5, 0.6) is 0 Å². The Morgan fingerprint density at radius 1 is 1.36 bits per heavy atom. The van der Waals surface area contributed by atoms with E-state index < -0.39 is 0 Å². The predicted octanol–water partition coefficient (Wildman–Crippen LogP) is 3.34. The van der Waals surface area contributed by atoms with E-state index in [4.69, 9.17) is 0 Å². The molecule has 2 heterocycles. The lowest BCUT2D eigenvalue weighted by molar-refractivity contribution is -0.121. The second-order valence-electron chi connectivity index (χ2n) is 7.38. The van der Waals surface area contributed by atoms with E-state index in [9.17, 15) is 10.1 Å². The van der Waals surface area contributed by atoms with Crippen molar-refractivity contribution in [2.75, 3.05) is 0 Å². The minimum atomic E-state index is 0.0544. The molecule has 28 heavy (non-hydrogen) atoms. The number of nitrogens with zero attached hydrogens (tertiary/aromatic N) is 4. The topological polar surface area (TPSA) is 83.1 Å². The Morgan fingerprint density at radius 2 is 2.18 bits per heavy atom. The van der Waals surface area contributed by atoms with Crippen molar-refractivity contribution < 1.29 is 4.79 Å². The molecule has 142 valence electrons. The Labute approximate surface area is 164 Å². The molecule has 4 rings (SSSR count). The van der Waals surface area contributed by atoms with Crippen molar-refractivity contribution in [3.8, 4) is 6.07 Å². The number of fused-ring (bicyclic) bond motifs is 2. The highest BCUT2D eigenvalue weighted by atomic mass is 16.1. The van der Waals surface area contributed by atoms with Crippen LogP contribution in [0.4, 0.5) is 0 Å². The summed E-state index contributed by atoms with van der Waals surface area (Å²) in [4.78, 5) is 17.2. The van der Waals surface area contributed by atoms with Gasteiger partial charge < -0.3 is 5.32 Å². The van der Waals surface area contributed by atoms with E-state index in [2.05, 4.69) is 39.7 Å². The maximum absolute atomic E-state index is 12.6. The first-order valence-electron chi connectivity index (χ1n) is 9.69. The molecule has 0 aliphatic heterocycles. The fourth-order valence-corrected chi connectivity index (χ4v) is 4.16. The van der Waals surface area contributed by atoms with Crippen LogP contribution in [-0.2, 0) is 17.6 Å².